The SMILES string of the molecule is Brc1ccc2c(c1)C(c1ccc(-c3cc(-c4ccccc4)c4ccccc4n3)cc1)(c1ccc(-c3cc(-c4ccccc4)c4ccccc4n3)cc1)c1cc(Br)ccc1-2. The van der Waals surface area contributed by atoms with E-state index in [1.165, 1.54) is 55.6 Å². The van der Waals surface area contributed by atoms with Gasteiger partial charge in [0, 0.05) is 30.8 Å². The van der Waals surface area contributed by atoms with Crippen LogP contribution >= 0.6 is 31.9 Å². The average Bonchev–Trinajstić information content (AvgIpc) is 3.57. The van der Waals surface area contributed by atoms with Crippen molar-refractivity contribution in [1.29, 1.82) is 0 Å². The standard InChI is InChI=1S/C55H34Br2N2/c56-41-27-29-43-44-30-28-42(57)32-50(44)55(49(43)31-41,39-23-19-37(20-24-39)53-33-47(35-11-3-1-4-12-35)45-15-7-9-17-51(45)58-53)40-25-21-38(22-26-40)54-34-48(36-13-5-2-6-14-36)46-16-8-10-18-52(46)59-54/h1-34H. The molecule has 0 radical (unpaired) electrons. The number of pyridine rings is 2. The molecular weight excluding hydrogens is 848 g/mol. The molecule has 0 saturated carbocycles. The summed E-state index contributed by atoms with van der Waals surface area (Å²) < 4.78 is 2.09. The van der Waals surface area contributed by atoms with Crippen LogP contribution in [0.15, 0.2) is 215 Å². The van der Waals surface area contributed by atoms with Crippen LogP contribution < -0.4 is 0 Å². The highest BCUT2D eigenvalue weighted by atomic mass is 79.9. The van der Waals surface area contributed by atoms with Crippen LogP contribution in [-0.4, -0.2) is 9.97 Å². The third-order valence-corrected chi connectivity index (χ3v) is 12.9. The molecule has 2 aromatic heterocycles. The van der Waals surface area contributed by atoms with Crippen LogP contribution in [-0.2, 0) is 5.41 Å². The number of para-hydroxylation sites is 2. The van der Waals surface area contributed by atoms with E-state index in [9.17, 15) is 0 Å². The fourth-order valence-corrected chi connectivity index (χ4v) is 9.92. The van der Waals surface area contributed by atoms with Crippen molar-refractivity contribution >= 4 is 53.7 Å². The van der Waals surface area contributed by atoms with E-state index >= 15 is 0 Å². The first-order valence-electron chi connectivity index (χ1n) is 19.8. The zero-order chi connectivity index (χ0) is 39.5. The number of benzene rings is 8. The second-order valence-corrected chi connectivity index (χ2v) is 17.0. The summed E-state index contributed by atoms with van der Waals surface area (Å²) in [6.45, 7) is 0. The quantitative estimate of drug-likeness (QED) is 0.166. The Kier molecular flexibility index (Phi) is 8.72. The number of fused-ring (bicyclic) bond motifs is 5. The van der Waals surface area contributed by atoms with Gasteiger partial charge in [-0.3, -0.25) is 0 Å². The highest BCUT2D eigenvalue weighted by Gasteiger charge is 2.46. The largest absolute Gasteiger partial charge is 0.248 e. The Labute approximate surface area is 360 Å². The van der Waals surface area contributed by atoms with Gasteiger partial charge in [0.2, 0.25) is 0 Å². The van der Waals surface area contributed by atoms with Crippen LogP contribution in [0, 0.1) is 0 Å². The van der Waals surface area contributed by atoms with E-state index in [0.717, 1.165) is 53.3 Å². The molecule has 0 saturated heterocycles. The predicted octanol–water partition coefficient (Wildman–Crippen LogP) is 15.3. The van der Waals surface area contributed by atoms with Crippen LogP contribution in [0.3, 0.4) is 0 Å². The lowest BCUT2D eigenvalue weighted by Gasteiger charge is -2.34. The van der Waals surface area contributed by atoms with Crippen molar-refractivity contribution in [3.05, 3.63) is 237 Å². The van der Waals surface area contributed by atoms with Crippen molar-refractivity contribution in [2.75, 3.05) is 0 Å². The van der Waals surface area contributed by atoms with Crippen molar-refractivity contribution in [3.8, 4) is 55.9 Å². The van der Waals surface area contributed by atoms with Crippen LogP contribution in [0.2, 0.25) is 0 Å². The summed E-state index contributed by atoms with van der Waals surface area (Å²) in [5.74, 6) is 0. The van der Waals surface area contributed by atoms with Gasteiger partial charge in [-0.2, -0.15) is 0 Å². The van der Waals surface area contributed by atoms with Gasteiger partial charge in [-0.15, -0.1) is 0 Å². The van der Waals surface area contributed by atoms with Gasteiger partial charge in [-0.05, 0) is 104 Å². The molecule has 8 aromatic carbocycles. The summed E-state index contributed by atoms with van der Waals surface area (Å²) in [7, 11) is 0. The molecule has 0 unspecified atom stereocenters. The molecule has 2 nitrogen and oxygen atoms in total. The molecule has 1 aliphatic rings. The van der Waals surface area contributed by atoms with E-state index in [1.54, 1.807) is 0 Å². The lowest BCUT2D eigenvalue weighted by molar-refractivity contribution is 0.767. The Hall–Kier alpha value is -6.46. The maximum Gasteiger partial charge on any atom is 0.0715 e. The normalized spacial score (nSPS) is 12.7. The van der Waals surface area contributed by atoms with Crippen molar-refractivity contribution in [2.45, 2.75) is 5.41 Å². The number of aromatic nitrogens is 2. The van der Waals surface area contributed by atoms with Crippen molar-refractivity contribution in [3.63, 3.8) is 0 Å². The summed E-state index contributed by atoms with van der Waals surface area (Å²) in [6, 6.07) is 74.2. The van der Waals surface area contributed by atoms with E-state index in [0.29, 0.717) is 0 Å². The minimum atomic E-state index is -0.604. The third kappa shape index (κ3) is 5.97. The molecule has 11 rings (SSSR count). The zero-order valence-corrected chi connectivity index (χ0v) is 35.0. The first-order chi connectivity index (χ1) is 29.0. The number of halogens is 2. The molecule has 0 atom stereocenters. The summed E-state index contributed by atoms with van der Waals surface area (Å²) in [4.78, 5) is 10.4. The molecule has 0 fully saturated rings. The van der Waals surface area contributed by atoms with Crippen LogP contribution in [0.1, 0.15) is 22.3 Å². The summed E-state index contributed by atoms with van der Waals surface area (Å²) in [6.07, 6.45) is 0. The lowest BCUT2D eigenvalue weighted by atomic mass is 9.67. The maximum atomic E-state index is 5.19. The maximum absolute atomic E-state index is 5.19. The molecule has 4 heteroatoms. The second kappa shape index (κ2) is 14.4. The van der Waals surface area contributed by atoms with Gasteiger partial charge in [-0.25, -0.2) is 9.97 Å². The van der Waals surface area contributed by atoms with Gasteiger partial charge in [0.15, 0.2) is 0 Å². The second-order valence-electron chi connectivity index (χ2n) is 15.2. The van der Waals surface area contributed by atoms with Gasteiger partial charge in [0.25, 0.3) is 0 Å². The minimum Gasteiger partial charge on any atom is -0.248 e. The minimum absolute atomic E-state index is 0.604. The molecule has 0 amide bonds. The van der Waals surface area contributed by atoms with E-state index in [4.69, 9.17) is 9.97 Å². The van der Waals surface area contributed by atoms with Crippen molar-refractivity contribution in [2.24, 2.45) is 0 Å². The fraction of sp³-hybridized carbons (Fsp3) is 0.0182. The molecule has 0 spiro atoms. The Balaban J connectivity index is 1.09. The number of nitrogens with zero attached hydrogens (tertiary/aromatic N) is 2. The highest BCUT2D eigenvalue weighted by molar-refractivity contribution is 9.10. The molecule has 2 heterocycles. The highest BCUT2D eigenvalue weighted by Crippen LogP contribution is 2.57. The molecular formula is C55H34Br2N2. The van der Waals surface area contributed by atoms with Gasteiger partial charge in [0.1, 0.15) is 0 Å². The smallest absolute Gasteiger partial charge is 0.0715 e. The summed E-state index contributed by atoms with van der Waals surface area (Å²) in [5, 5.41) is 2.29. The molecule has 0 N–H and O–H groups in total. The Bertz CT molecular complexity index is 2990. The molecule has 10 aromatic rings. The topological polar surface area (TPSA) is 25.8 Å². The average molecular weight is 883 g/mol. The number of hydrogen-bond donors (Lipinski definition) is 0. The van der Waals surface area contributed by atoms with Crippen LogP contribution in [0.25, 0.3) is 77.7 Å². The van der Waals surface area contributed by atoms with E-state index in [-0.39, 0.29) is 0 Å². The zero-order valence-electron chi connectivity index (χ0n) is 31.8. The fourth-order valence-electron chi connectivity index (χ4n) is 9.20. The van der Waals surface area contributed by atoms with E-state index in [1.807, 2.05) is 0 Å². The van der Waals surface area contributed by atoms with Crippen molar-refractivity contribution in [1.82, 2.24) is 9.97 Å². The monoisotopic (exact) mass is 880 g/mol. The molecule has 1 aliphatic carbocycles. The predicted molar refractivity (Wildman–Crippen MR) is 251 cm³/mol. The molecule has 59 heavy (non-hydrogen) atoms. The molecule has 0 aliphatic heterocycles. The van der Waals surface area contributed by atoms with Gasteiger partial charge < -0.3 is 0 Å². The van der Waals surface area contributed by atoms with Gasteiger partial charge in [0.05, 0.1) is 27.8 Å². The summed E-state index contributed by atoms with van der Waals surface area (Å²) >= 11 is 7.74. The third-order valence-electron chi connectivity index (χ3n) is 11.9. The summed E-state index contributed by atoms with van der Waals surface area (Å²) in [5.41, 5.74) is 17.4. The Morgan fingerprint density at radius 3 is 1.14 bits per heavy atom. The van der Waals surface area contributed by atoms with E-state index in [2.05, 4.69) is 238 Å². The molecule has 278 valence electrons. The van der Waals surface area contributed by atoms with Gasteiger partial charge >= 0.3 is 0 Å². The van der Waals surface area contributed by atoms with Crippen molar-refractivity contribution < 1.29 is 0 Å². The van der Waals surface area contributed by atoms with E-state index < -0.39 is 5.41 Å². The van der Waals surface area contributed by atoms with Gasteiger partial charge in [-0.1, -0.05) is 190 Å². The lowest BCUT2D eigenvalue weighted by Crippen LogP contribution is -2.28. The first kappa shape index (κ1) is 35.7. The number of hydrogen-bond acceptors (Lipinski definition) is 2. The Morgan fingerprint density at radius 1 is 0.322 bits per heavy atom. The number of rotatable bonds is 6. The van der Waals surface area contributed by atoms with Crippen LogP contribution in [0.5, 0.6) is 0 Å². The van der Waals surface area contributed by atoms with Crippen LogP contribution in [0.4, 0.5) is 0 Å². The first-order valence-corrected chi connectivity index (χ1v) is 21.4. The Morgan fingerprint density at radius 2 is 0.712 bits per heavy atom. The molecule has 0 bridgehead atoms.